The Balaban J connectivity index is 0.000000174. The van der Waals surface area contributed by atoms with E-state index in [2.05, 4.69) is 77.7 Å². The molecule has 2 saturated heterocycles. The van der Waals surface area contributed by atoms with Crippen LogP contribution in [0.25, 0.3) is 0 Å². The maximum Gasteiger partial charge on any atom is 0.193 e. The minimum Gasteiger partial charge on any atom is -0.409 e. The highest BCUT2D eigenvalue weighted by molar-refractivity contribution is 7.99. The molecule has 0 amide bonds. The molecule has 8 aliphatic carbocycles. The number of nitrogens with two attached hydrogens (primary N) is 2. The number of alkyl halides is 4. The van der Waals surface area contributed by atoms with Crippen LogP contribution in [0.15, 0.2) is 183 Å². The van der Waals surface area contributed by atoms with Crippen molar-refractivity contribution in [2.24, 2.45) is 45.3 Å². The maximum atomic E-state index is 17.9. The number of halogens is 5. The number of carbonyl (C=O) groups excluding carboxylic acids is 4. The van der Waals surface area contributed by atoms with Gasteiger partial charge in [0.1, 0.15) is 19.0 Å². The normalized spacial score (nSPS) is 36.9. The fraction of sp³-hybridized carbons (Fsp3) is 0.530. The Bertz CT molecular complexity index is 4300. The van der Waals surface area contributed by atoms with Gasteiger partial charge in [0.15, 0.2) is 74.0 Å². The van der Waals surface area contributed by atoms with Crippen molar-refractivity contribution in [2.45, 2.75) is 235 Å². The first-order chi connectivity index (χ1) is 50.4. The van der Waals surface area contributed by atoms with Gasteiger partial charge in [0, 0.05) is 88.0 Å². The van der Waals surface area contributed by atoms with Crippen LogP contribution >= 0.6 is 34.6 Å². The van der Waals surface area contributed by atoms with Gasteiger partial charge in [0.05, 0.1) is 37.4 Å². The number of nitrogens with zero attached hydrogens (tertiary/aromatic N) is 1. The van der Waals surface area contributed by atoms with Gasteiger partial charge in [-0.2, -0.15) is 11.1 Å². The highest BCUT2D eigenvalue weighted by Gasteiger charge is 2.82. The van der Waals surface area contributed by atoms with Gasteiger partial charge >= 0.3 is 0 Å². The van der Waals surface area contributed by atoms with Crippen molar-refractivity contribution in [2.75, 3.05) is 24.7 Å². The van der Waals surface area contributed by atoms with E-state index < -0.39 is 157 Å². The maximum absolute atomic E-state index is 17.9. The third-order valence-electron chi connectivity index (χ3n) is 26.8. The van der Waals surface area contributed by atoms with Crippen molar-refractivity contribution in [1.29, 1.82) is 0 Å². The van der Waals surface area contributed by atoms with Crippen molar-refractivity contribution in [3.8, 4) is 0 Å². The van der Waals surface area contributed by atoms with Gasteiger partial charge in [-0.15, -0.1) is 0 Å². The minimum atomic E-state index is -2.38. The van der Waals surface area contributed by atoms with E-state index in [0.29, 0.717) is 22.0 Å². The van der Waals surface area contributed by atoms with Crippen LogP contribution in [-0.4, -0.2) is 137 Å². The first kappa shape index (κ1) is 81.6. The number of hydrogen-bond donors (Lipinski definition) is 6. The molecular formula is C83H103ClF4N4O12S2Si2. The third-order valence-corrected chi connectivity index (χ3v) is 38.6. The summed E-state index contributed by atoms with van der Waals surface area (Å²) >= 11 is 9.29. The van der Waals surface area contributed by atoms with Crippen molar-refractivity contribution in [3.05, 3.63) is 175 Å². The van der Waals surface area contributed by atoms with Crippen LogP contribution in [0.1, 0.15) is 131 Å². The Morgan fingerprint density at radius 1 is 0.611 bits per heavy atom. The molecule has 108 heavy (non-hydrogen) atoms. The fourth-order valence-corrected chi connectivity index (χ4v) is 21.4. The summed E-state index contributed by atoms with van der Waals surface area (Å²) < 4.78 is 100. The van der Waals surface area contributed by atoms with E-state index in [-0.39, 0.29) is 67.1 Å². The van der Waals surface area contributed by atoms with E-state index in [0.717, 1.165) is 31.2 Å². The predicted molar refractivity (Wildman–Crippen MR) is 416 cm³/mol. The lowest BCUT2D eigenvalue weighted by molar-refractivity contribution is -0.235. The van der Waals surface area contributed by atoms with E-state index >= 15 is 17.6 Å². The zero-order valence-corrected chi connectivity index (χ0v) is 68.2. The number of anilines is 2. The summed E-state index contributed by atoms with van der Waals surface area (Å²) in [6.45, 7) is 27.1. The lowest BCUT2D eigenvalue weighted by Crippen LogP contribution is -2.71. The number of aromatic amines is 1. The molecule has 20 atom stereocenters. The molecule has 0 radical (unpaired) electrons. The number of aliphatic hydroxyl groups excluding tert-OH is 3. The standard InChI is InChI=1S/C40H49F2NO6SSi.C34H35F2NO6S.C6H15ClSi.C3H4N2/c1-36(2,3)51(6,7)47-22-33(46)40-34(48-35(49-40)23-8-12-26(13-9-23)50-27-14-10-24(43)11-15-27)20-28-29-19-31(41)30-18-25(44)16-17-37(30,4)39(29,42)32(45)21-38(28,40)5;1-31-12-11-20(39)13-25(31)26(35)14-24-23-15-29-34(28(41)17-38,32(23,2)16-27(40)33(24,31)36)43-30(42-29)18-3-7-21(8-4-18)44-22-9-5-19(37)6-10-22;1-6(2,3)8(4,5)7;1-2-5-3-4-1/h8-18,28-29,31-32,34-35,45H,19-22,43H2,1-7H3;3-13,23-24,26-27,29-30,38,40H,14-17,37H2,1-2H3;1-5H3;1-3H,(H,4,5)/t28-,29-,31-,32-,34+,35+,37-,38-,39-,40+;23-,24-,26-,27-,29+,30+,31-,32-,33-,34+;;/m00../s1. The second kappa shape index (κ2) is 29.3. The topological polar surface area (TPSA) is 256 Å². The summed E-state index contributed by atoms with van der Waals surface area (Å²) in [6, 6.07) is 30.5. The molecular weight excluding hydrogens is 1480 g/mol. The number of fused-ring (bicyclic) bond motifs is 14. The van der Waals surface area contributed by atoms with Crippen LogP contribution in [0.2, 0.25) is 36.3 Å². The molecule has 16 nitrogen and oxygen atoms in total. The van der Waals surface area contributed by atoms with Gasteiger partial charge in [-0.1, -0.05) is 128 Å². The second-order valence-corrected chi connectivity index (χ2v) is 49.2. The molecule has 8 fully saturated rings. The Kier molecular flexibility index (Phi) is 22.1. The van der Waals surface area contributed by atoms with Gasteiger partial charge in [-0.25, -0.2) is 22.5 Å². The SMILES string of the molecule is CC(C)(C)[Si](C)(C)Cl.CC(C)(C)[Si](C)(C)OCC(=O)[C@@]12O[C@H](c3ccc(Sc4ccc(N)cc4)cc3)O[C@@H]1C[C@H]1[C@@H]3C[C@H](F)C4=CC(=O)C=C[C@]4(C)[C@@]3(F)[C@@H](O)C[C@@]12C.C[C@]12C=CC(=O)C=C1[C@@H](F)C[C@H]1[C@@H]3C[C@H]4O[C@@H](c5ccc(Sc6ccc(N)cc6)cc5)O[C@@]4(C(=O)CO)[C@@]3(C)C[C@H](O)[C@@]12F.c1c[nH]cn1. The first-order valence-electron chi connectivity index (χ1n) is 37.2. The number of ether oxygens (including phenoxy) is 4. The second-order valence-electron chi connectivity index (χ2n) is 34.8. The number of ketones is 4. The highest BCUT2D eigenvalue weighted by Crippen LogP contribution is 2.75. The zero-order chi connectivity index (χ0) is 78.7. The summed E-state index contributed by atoms with van der Waals surface area (Å²) in [6.07, 6.45) is 2.64. The summed E-state index contributed by atoms with van der Waals surface area (Å²) in [5.41, 5.74) is 1.35. The van der Waals surface area contributed by atoms with Gasteiger partial charge in [0.2, 0.25) is 0 Å². The Labute approximate surface area is 646 Å². The molecule has 6 saturated carbocycles. The van der Waals surface area contributed by atoms with Crippen LogP contribution in [0.5, 0.6) is 0 Å². The van der Waals surface area contributed by atoms with Gasteiger partial charge in [0.25, 0.3) is 0 Å². The minimum absolute atomic E-state index is 0.0383. The smallest absolute Gasteiger partial charge is 0.193 e. The molecule has 0 bridgehead atoms. The average Bonchev–Trinajstić information content (AvgIpc) is 1.43. The summed E-state index contributed by atoms with van der Waals surface area (Å²) in [4.78, 5) is 63.4. The van der Waals surface area contributed by atoms with E-state index in [4.69, 9.17) is 45.9 Å². The number of aliphatic hydroxyl groups is 3. The Morgan fingerprint density at radius 2 is 0.981 bits per heavy atom. The number of H-pyrrole nitrogens is 1. The highest BCUT2D eigenvalue weighted by atomic mass is 35.6. The molecule has 10 aliphatic rings. The average molecular weight is 1580 g/mol. The third kappa shape index (κ3) is 13.6. The monoisotopic (exact) mass is 1580 g/mol. The summed E-state index contributed by atoms with van der Waals surface area (Å²) in [7, 11) is -3.77. The largest absolute Gasteiger partial charge is 0.409 e. The van der Waals surface area contributed by atoms with Crippen molar-refractivity contribution in [1.82, 2.24) is 9.97 Å². The molecule has 1 aromatic heterocycles. The van der Waals surface area contributed by atoms with E-state index in [9.17, 15) is 34.5 Å². The first-order valence-corrected chi connectivity index (χ1v) is 45.7. The lowest BCUT2D eigenvalue weighted by Gasteiger charge is -2.63. The number of rotatable bonds is 12. The van der Waals surface area contributed by atoms with Gasteiger partial charge in [-0.05, 0) is 196 Å². The number of nitrogens with one attached hydrogen (secondary N) is 1. The van der Waals surface area contributed by atoms with Crippen molar-refractivity contribution < 1.29 is 75.4 Å². The quantitative estimate of drug-likeness (QED) is 0.0294. The lowest BCUT2D eigenvalue weighted by atomic mass is 9.44. The number of Topliss-reactive ketones (excluding diaryl/α,β-unsaturated/α-hetero) is 2. The van der Waals surface area contributed by atoms with Crippen LogP contribution < -0.4 is 11.5 Å². The number of nitrogen functional groups attached to an aromatic ring is 2. The van der Waals surface area contributed by atoms with Crippen LogP contribution in [0.4, 0.5) is 28.9 Å². The molecule has 4 aromatic carbocycles. The molecule has 2 aliphatic heterocycles. The number of imidazole rings is 1. The molecule has 0 spiro atoms. The molecule has 15 rings (SSSR count). The van der Waals surface area contributed by atoms with Crippen molar-refractivity contribution in [3.63, 3.8) is 0 Å². The van der Waals surface area contributed by atoms with E-state index in [1.165, 1.54) is 37.3 Å². The molecule has 582 valence electrons. The van der Waals surface area contributed by atoms with Gasteiger partial charge < -0.3 is 55.1 Å². The van der Waals surface area contributed by atoms with Crippen LogP contribution in [0.3, 0.4) is 0 Å². The molecule has 0 unspecified atom stereocenters. The Morgan fingerprint density at radius 3 is 1.31 bits per heavy atom. The number of hydrogen-bond acceptors (Lipinski definition) is 17. The molecule has 8 N–H and O–H groups in total. The van der Waals surface area contributed by atoms with Crippen LogP contribution in [0, 0.1) is 45.3 Å². The number of allylic oxidation sites excluding steroid dienone is 8. The number of aromatic nitrogens is 2. The van der Waals surface area contributed by atoms with E-state index in [1.54, 1.807) is 56.1 Å². The fourth-order valence-electron chi connectivity index (χ4n) is 18.8. The summed E-state index contributed by atoms with van der Waals surface area (Å²) in [5.74, 6) is -4.83. The molecule has 5 aromatic rings. The number of benzene rings is 4. The van der Waals surface area contributed by atoms with Crippen LogP contribution in [-0.2, 0) is 42.6 Å². The molecule has 25 heteroatoms. The zero-order valence-electron chi connectivity index (χ0n) is 63.8. The van der Waals surface area contributed by atoms with Gasteiger partial charge in [-0.3, -0.25) is 19.2 Å². The number of carbonyl (C=O) groups is 4. The Hall–Kier alpha value is -5.85. The van der Waals surface area contributed by atoms with E-state index in [1.807, 2.05) is 104 Å². The van der Waals surface area contributed by atoms with Crippen molar-refractivity contribution >= 4 is 84.8 Å². The summed E-state index contributed by atoms with van der Waals surface area (Å²) in [5, 5.41) is 34.0. The molecule has 3 heterocycles. The predicted octanol–water partition coefficient (Wildman–Crippen LogP) is 16.8.